The van der Waals surface area contributed by atoms with Crippen molar-refractivity contribution in [3.63, 3.8) is 0 Å². The number of rotatable bonds is 4. The number of aryl methyl sites for hydroxylation is 2. The second-order valence-corrected chi connectivity index (χ2v) is 5.50. The van der Waals surface area contributed by atoms with E-state index in [-0.39, 0.29) is 12.1 Å². The van der Waals surface area contributed by atoms with Crippen molar-refractivity contribution in [1.29, 1.82) is 0 Å². The minimum Gasteiger partial charge on any atom is -0.260 e. The second kappa shape index (κ2) is 7.07. The summed E-state index contributed by atoms with van der Waals surface area (Å²) in [6, 6.07) is 7.06. The largest absolute Gasteiger partial charge is 0.433 e. The molecule has 0 amide bonds. The average molecular weight is 334 g/mol. The Balaban J connectivity index is 2.85. The van der Waals surface area contributed by atoms with Crippen LogP contribution in [0.4, 0.5) is 13.2 Å². The summed E-state index contributed by atoms with van der Waals surface area (Å²) in [5.74, 6) is 0. The molecular weight excluding hydrogens is 313 g/mol. The minimum absolute atomic E-state index is 0.135. The van der Waals surface area contributed by atoms with Gasteiger partial charge in [-0.15, -0.1) is 0 Å². The average Bonchev–Trinajstić information content (AvgIpc) is 2.93. The number of aromatic nitrogens is 2. The summed E-state index contributed by atoms with van der Waals surface area (Å²) in [4.78, 5) is 0. The number of allylic oxidation sites excluding steroid dienone is 4. The Hall–Kier alpha value is -2.30. The van der Waals surface area contributed by atoms with Crippen LogP contribution in [0.15, 0.2) is 42.5 Å². The van der Waals surface area contributed by atoms with Gasteiger partial charge < -0.3 is 0 Å². The third-order valence-electron chi connectivity index (χ3n) is 3.79. The lowest BCUT2D eigenvalue weighted by molar-refractivity contribution is -0.143. The lowest BCUT2D eigenvalue weighted by Crippen LogP contribution is -2.14. The van der Waals surface area contributed by atoms with Gasteiger partial charge in [0.1, 0.15) is 5.69 Å². The van der Waals surface area contributed by atoms with Crippen LogP contribution in [0, 0.1) is 6.92 Å². The molecular formula is C19H21F3N2. The molecule has 0 unspecified atom stereocenters. The molecule has 0 aliphatic carbocycles. The molecule has 0 fully saturated rings. The van der Waals surface area contributed by atoms with Crippen molar-refractivity contribution >= 4 is 5.57 Å². The number of halogens is 3. The first-order valence-corrected chi connectivity index (χ1v) is 7.87. The van der Waals surface area contributed by atoms with Crippen molar-refractivity contribution in [2.24, 2.45) is 0 Å². The molecule has 0 bridgehead atoms. The third kappa shape index (κ3) is 3.45. The molecule has 2 nitrogen and oxygen atoms in total. The second-order valence-electron chi connectivity index (χ2n) is 5.50. The Bertz CT molecular complexity index is 763. The van der Waals surface area contributed by atoms with Crippen molar-refractivity contribution in [2.45, 2.75) is 40.4 Å². The van der Waals surface area contributed by atoms with Gasteiger partial charge in [-0.2, -0.15) is 18.3 Å². The molecule has 0 aliphatic heterocycles. The maximum atomic E-state index is 13.7. The maximum Gasteiger partial charge on any atom is 0.433 e. The van der Waals surface area contributed by atoms with E-state index in [2.05, 4.69) is 5.10 Å². The van der Waals surface area contributed by atoms with Gasteiger partial charge in [-0.05, 0) is 38.8 Å². The molecule has 2 aromatic rings. The Labute approximate surface area is 140 Å². The molecule has 1 aromatic carbocycles. The topological polar surface area (TPSA) is 17.8 Å². The van der Waals surface area contributed by atoms with Crippen molar-refractivity contribution < 1.29 is 13.2 Å². The molecule has 5 heteroatoms. The van der Waals surface area contributed by atoms with Gasteiger partial charge >= 0.3 is 6.18 Å². The first-order chi connectivity index (χ1) is 11.3. The molecule has 2 rings (SSSR count). The Morgan fingerprint density at radius 1 is 1.17 bits per heavy atom. The van der Waals surface area contributed by atoms with Crippen LogP contribution >= 0.6 is 0 Å². The molecule has 1 heterocycles. The normalized spacial score (nSPS) is 13.0. The van der Waals surface area contributed by atoms with Gasteiger partial charge in [0, 0.05) is 12.1 Å². The van der Waals surface area contributed by atoms with Crippen LogP contribution in [0.2, 0.25) is 0 Å². The first kappa shape index (κ1) is 18.0. The Morgan fingerprint density at radius 3 is 2.25 bits per heavy atom. The zero-order valence-electron chi connectivity index (χ0n) is 14.3. The minimum atomic E-state index is -4.48. The molecule has 0 atom stereocenters. The van der Waals surface area contributed by atoms with Gasteiger partial charge in [0.15, 0.2) is 5.69 Å². The molecule has 0 saturated carbocycles. The van der Waals surface area contributed by atoms with E-state index in [4.69, 9.17) is 0 Å². The Morgan fingerprint density at radius 2 is 1.79 bits per heavy atom. The fourth-order valence-electron chi connectivity index (χ4n) is 2.67. The number of alkyl halides is 3. The van der Waals surface area contributed by atoms with Gasteiger partial charge in [0.05, 0.1) is 0 Å². The molecule has 24 heavy (non-hydrogen) atoms. The van der Waals surface area contributed by atoms with E-state index in [1.807, 2.05) is 26.0 Å². The van der Waals surface area contributed by atoms with Crippen LogP contribution in [0.25, 0.3) is 16.7 Å². The predicted molar refractivity (Wildman–Crippen MR) is 91.5 cm³/mol. The zero-order chi connectivity index (χ0) is 17.9. The highest BCUT2D eigenvalue weighted by Gasteiger charge is 2.40. The molecule has 0 saturated heterocycles. The van der Waals surface area contributed by atoms with E-state index >= 15 is 0 Å². The fourth-order valence-corrected chi connectivity index (χ4v) is 2.67. The van der Waals surface area contributed by atoms with Crippen LogP contribution < -0.4 is 0 Å². The lowest BCUT2D eigenvalue weighted by atomic mass is 9.97. The van der Waals surface area contributed by atoms with E-state index in [1.54, 1.807) is 44.2 Å². The lowest BCUT2D eigenvalue weighted by Gasteiger charge is -2.12. The summed E-state index contributed by atoms with van der Waals surface area (Å²) in [7, 11) is 0. The highest BCUT2D eigenvalue weighted by molar-refractivity contribution is 5.85. The molecule has 0 N–H and O–H groups in total. The highest BCUT2D eigenvalue weighted by Crippen LogP contribution is 2.41. The quantitative estimate of drug-likeness (QED) is 0.639. The summed E-state index contributed by atoms with van der Waals surface area (Å²) >= 11 is 0. The van der Waals surface area contributed by atoms with Crippen molar-refractivity contribution in [1.82, 2.24) is 9.78 Å². The number of hydrogen-bond acceptors (Lipinski definition) is 1. The van der Waals surface area contributed by atoms with Crippen LogP contribution in [0.1, 0.15) is 37.7 Å². The summed E-state index contributed by atoms with van der Waals surface area (Å²) in [5, 5.41) is 4.26. The number of hydrogen-bond donors (Lipinski definition) is 0. The van der Waals surface area contributed by atoms with E-state index in [0.717, 1.165) is 10.2 Å². The SMILES string of the molecule is CC=C(/C=C\C)c1nn(CC)c(C(F)(F)F)c1-c1ccc(C)cc1. The van der Waals surface area contributed by atoms with E-state index < -0.39 is 11.9 Å². The van der Waals surface area contributed by atoms with Crippen LogP contribution in [-0.2, 0) is 12.7 Å². The molecule has 1 aromatic heterocycles. The summed E-state index contributed by atoms with van der Waals surface area (Å²) in [6.07, 6.45) is 0.878. The molecule has 0 aliphatic rings. The monoisotopic (exact) mass is 334 g/mol. The fraction of sp³-hybridized carbons (Fsp3) is 0.316. The zero-order valence-corrected chi connectivity index (χ0v) is 14.3. The van der Waals surface area contributed by atoms with Gasteiger partial charge in [-0.1, -0.05) is 48.1 Å². The van der Waals surface area contributed by atoms with Crippen molar-refractivity contribution in [2.75, 3.05) is 0 Å². The molecule has 0 radical (unpaired) electrons. The van der Waals surface area contributed by atoms with Gasteiger partial charge in [-0.25, -0.2) is 0 Å². The van der Waals surface area contributed by atoms with E-state index in [9.17, 15) is 13.2 Å². The number of nitrogens with zero attached hydrogens (tertiary/aromatic N) is 2. The van der Waals surface area contributed by atoms with E-state index in [1.165, 1.54) is 0 Å². The smallest absolute Gasteiger partial charge is 0.260 e. The molecule has 0 spiro atoms. The summed E-state index contributed by atoms with van der Waals surface area (Å²) in [5.41, 5.74) is 1.98. The van der Waals surface area contributed by atoms with Crippen molar-refractivity contribution in [3.05, 3.63) is 59.4 Å². The van der Waals surface area contributed by atoms with Gasteiger partial charge in [0.2, 0.25) is 0 Å². The van der Waals surface area contributed by atoms with Gasteiger partial charge in [0.25, 0.3) is 0 Å². The number of benzene rings is 1. The van der Waals surface area contributed by atoms with Gasteiger partial charge in [-0.3, -0.25) is 4.68 Å². The molecule has 128 valence electrons. The van der Waals surface area contributed by atoms with Crippen LogP contribution in [0.3, 0.4) is 0 Å². The van der Waals surface area contributed by atoms with Crippen LogP contribution in [-0.4, -0.2) is 9.78 Å². The van der Waals surface area contributed by atoms with E-state index in [0.29, 0.717) is 16.8 Å². The van der Waals surface area contributed by atoms with Crippen LogP contribution in [0.5, 0.6) is 0 Å². The first-order valence-electron chi connectivity index (χ1n) is 7.87. The predicted octanol–water partition coefficient (Wildman–Crippen LogP) is 5.88. The Kier molecular flexibility index (Phi) is 5.32. The highest BCUT2D eigenvalue weighted by atomic mass is 19.4. The van der Waals surface area contributed by atoms with Crippen molar-refractivity contribution in [3.8, 4) is 11.1 Å². The standard InChI is InChI=1S/C19H21F3N2/c1-5-8-14(6-2)17-16(15-11-9-13(4)10-12-15)18(19(20,21)22)24(7-3)23-17/h5-6,8-12H,7H2,1-4H3/b8-5-,14-6?. The summed E-state index contributed by atoms with van der Waals surface area (Å²) in [6.45, 7) is 7.35. The summed E-state index contributed by atoms with van der Waals surface area (Å²) < 4.78 is 42.2. The third-order valence-corrected chi connectivity index (χ3v) is 3.79. The maximum absolute atomic E-state index is 13.7.